The highest BCUT2D eigenvalue weighted by molar-refractivity contribution is 6.33. The fraction of sp³-hybridized carbons (Fsp3) is 0.105. The standard InChI is InChI=1S/C19H11Cl2F3N4O/c20-12-7-5-11(6-8-12)14-9-16-25-26-18(29-10-19(22,23)24)28(16)27-17(14)13-3-1-2-4-15(13)21/h1-9H,10H2. The summed E-state index contributed by atoms with van der Waals surface area (Å²) in [5.74, 6) is 0. The molecule has 0 bridgehead atoms. The first-order valence-corrected chi connectivity index (χ1v) is 9.04. The third-order valence-electron chi connectivity index (χ3n) is 4.01. The van der Waals surface area contributed by atoms with Gasteiger partial charge in [0.15, 0.2) is 12.3 Å². The minimum atomic E-state index is -4.51. The summed E-state index contributed by atoms with van der Waals surface area (Å²) in [6, 6.07) is 15.3. The SMILES string of the molecule is FC(F)(F)COc1nnc2cc(-c3ccc(Cl)cc3)c(-c3ccccc3Cl)nn12. The molecule has 0 saturated carbocycles. The lowest BCUT2D eigenvalue weighted by Crippen LogP contribution is -2.20. The Kier molecular flexibility index (Phi) is 5.06. The third-order valence-corrected chi connectivity index (χ3v) is 4.60. The smallest absolute Gasteiger partial charge is 0.422 e. The van der Waals surface area contributed by atoms with Gasteiger partial charge in [-0.1, -0.05) is 58.6 Å². The lowest BCUT2D eigenvalue weighted by atomic mass is 10.00. The lowest BCUT2D eigenvalue weighted by Gasteiger charge is -2.12. The average Bonchev–Trinajstić information content (AvgIpc) is 3.08. The first-order valence-electron chi connectivity index (χ1n) is 8.29. The largest absolute Gasteiger partial charge is 0.453 e. The summed E-state index contributed by atoms with van der Waals surface area (Å²) in [4.78, 5) is 0. The van der Waals surface area contributed by atoms with Crippen LogP contribution in [0.2, 0.25) is 10.0 Å². The van der Waals surface area contributed by atoms with Crippen molar-refractivity contribution in [1.29, 1.82) is 0 Å². The molecule has 0 saturated heterocycles. The second-order valence-corrected chi connectivity index (χ2v) is 6.89. The maximum Gasteiger partial charge on any atom is 0.422 e. The van der Waals surface area contributed by atoms with E-state index in [2.05, 4.69) is 15.3 Å². The van der Waals surface area contributed by atoms with Crippen LogP contribution in [0.1, 0.15) is 0 Å². The van der Waals surface area contributed by atoms with Gasteiger partial charge >= 0.3 is 12.2 Å². The van der Waals surface area contributed by atoms with E-state index in [9.17, 15) is 13.2 Å². The first kappa shape index (κ1) is 19.5. The minimum absolute atomic E-state index is 0.225. The van der Waals surface area contributed by atoms with Gasteiger partial charge in [0.05, 0.1) is 5.02 Å². The molecule has 0 aliphatic heterocycles. The van der Waals surface area contributed by atoms with Gasteiger partial charge in [0.25, 0.3) is 0 Å². The van der Waals surface area contributed by atoms with Gasteiger partial charge in [-0.05, 0) is 29.8 Å². The topological polar surface area (TPSA) is 52.3 Å². The Balaban J connectivity index is 1.91. The summed E-state index contributed by atoms with van der Waals surface area (Å²) >= 11 is 12.3. The number of hydrogen-bond donors (Lipinski definition) is 0. The molecule has 0 aliphatic rings. The molecule has 2 aromatic carbocycles. The van der Waals surface area contributed by atoms with Crippen molar-refractivity contribution in [1.82, 2.24) is 19.8 Å². The van der Waals surface area contributed by atoms with E-state index < -0.39 is 12.8 Å². The van der Waals surface area contributed by atoms with Gasteiger partial charge in [-0.25, -0.2) is 0 Å². The van der Waals surface area contributed by atoms with Gasteiger partial charge in [-0.3, -0.25) is 0 Å². The number of fused-ring (bicyclic) bond motifs is 1. The molecule has 148 valence electrons. The Labute approximate surface area is 172 Å². The van der Waals surface area contributed by atoms with Gasteiger partial charge in [0.2, 0.25) is 0 Å². The van der Waals surface area contributed by atoms with Gasteiger partial charge < -0.3 is 4.74 Å². The quantitative estimate of drug-likeness (QED) is 0.409. The second-order valence-electron chi connectivity index (χ2n) is 6.05. The number of alkyl halides is 3. The van der Waals surface area contributed by atoms with Crippen LogP contribution in [-0.4, -0.2) is 32.6 Å². The van der Waals surface area contributed by atoms with Crippen molar-refractivity contribution in [2.24, 2.45) is 0 Å². The number of benzene rings is 2. The zero-order valence-corrected chi connectivity index (χ0v) is 16.0. The fourth-order valence-corrected chi connectivity index (χ4v) is 3.10. The highest BCUT2D eigenvalue weighted by atomic mass is 35.5. The normalized spacial score (nSPS) is 11.8. The van der Waals surface area contributed by atoms with E-state index >= 15 is 0 Å². The fourth-order valence-electron chi connectivity index (χ4n) is 2.75. The van der Waals surface area contributed by atoms with Crippen molar-refractivity contribution in [3.63, 3.8) is 0 Å². The molecule has 29 heavy (non-hydrogen) atoms. The number of hydrogen-bond acceptors (Lipinski definition) is 4. The summed E-state index contributed by atoms with van der Waals surface area (Å²) in [6.45, 7) is -1.50. The molecular formula is C19H11Cl2F3N4O. The van der Waals surface area contributed by atoms with Crippen molar-refractivity contribution in [3.8, 4) is 28.4 Å². The molecule has 0 aliphatic carbocycles. The second kappa shape index (κ2) is 7.53. The van der Waals surface area contributed by atoms with Crippen molar-refractivity contribution in [2.45, 2.75) is 6.18 Å². The average molecular weight is 439 g/mol. The van der Waals surface area contributed by atoms with Crippen molar-refractivity contribution < 1.29 is 17.9 Å². The van der Waals surface area contributed by atoms with E-state index in [4.69, 9.17) is 27.9 Å². The van der Waals surface area contributed by atoms with Crippen LogP contribution in [0.3, 0.4) is 0 Å². The zero-order chi connectivity index (χ0) is 20.6. The highest BCUT2D eigenvalue weighted by Crippen LogP contribution is 2.35. The summed E-state index contributed by atoms with van der Waals surface area (Å²) in [5.41, 5.74) is 2.69. The molecule has 5 nitrogen and oxygen atoms in total. The van der Waals surface area contributed by atoms with E-state index in [1.165, 1.54) is 0 Å². The van der Waals surface area contributed by atoms with Crippen LogP contribution in [0.4, 0.5) is 13.2 Å². The molecule has 0 radical (unpaired) electrons. The Morgan fingerprint density at radius 3 is 2.34 bits per heavy atom. The van der Waals surface area contributed by atoms with Crippen LogP contribution in [0, 0.1) is 0 Å². The number of nitrogens with zero attached hydrogens (tertiary/aromatic N) is 4. The van der Waals surface area contributed by atoms with Crippen molar-refractivity contribution in [3.05, 3.63) is 64.6 Å². The molecule has 0 unspecified atom stereocenters. The molecule has 0 atom stereocenters. The Morgan fingerprint density at radius 1 is 0.931 bits per heavy atom. The molecule has 0 amide bonds. The van der Waals surface area contributed by atoms with E-state index in [1.54, 1.807) is 54.6 Å². The lowest BCUT2D eigenvalue weighted by molar-refractivity contribution is -0.154. The van der Waals surface area contributed by atoms with Crippen LogP contribution >= 0.6 is 23.2 Å². The first-order chi connectivity index (χ1) is 13.8. The van der Waals surface area contributed by atoms with Gasteiger partial charge in [-0.2, -0.15) is 22.8 Å². The van der Waals surface area contributed by atoms with Crippen LogP contribution in [0.15, 0.2) is 54.6 Å². The minimum Gasteiger partial charge on any atom is -0.453 e. The molecule has 2 heterocycles. The zero-order valence-electron chi connectivity index (χ0n) is 14.5. The summed E-state index contributed by atoms with van der Waals surface area (Å²) < 4.78 is 43.5. The molecule has 10 heteroatoms. The number of aromatic nitrogens is 4. The predicted molar refractivity (Wildman–Crippen MR) is 103 cm³/mol. The maximum absolute atomic E-state index is 12.5. The van der Waals surface area contributed by atoms with E-state index in [-0.39, 0.29) is 11.7 Å². The van der Waals surface area contributed by atoms with E-state index in [0.717, 1.165) is 10.1 Å². The van der Waals surface area contributed by atoms with Crippen LogP contribution in [0.5, 0.6) is 6.01 Å². The molecular weight excluding hydrogens is 428 g/mol. The van der Waals surface area contributed by atoms with Crippen molar-refractivity contribution in [2.75, 3.05) is 6.61 Å². The Bertz CT molecular complexity index is 1180. The summed E-state index contributed by atoms with van der Waals surface area (Å²) in [7, 11) is 0. The Morgan fingerprint density at radius 2 is 1.66 bits per heavy atom. The number of halogens is 5. The van der Waals surface area contributed by atoms with E-state index in [0.29, 0.717) is 26.9 Å². The van der Waals surface area contributed by atoms with Crippen molar-refractivity contribution >= 4 is 28.8 Å². The molecule has 2 aromatic heterocycles. The molecule has 0 fully saturated rings. The van der Waals surface area contributed by atoms with Crippen LogP contribution < -0.4 is 4.74 Å². The summed E-state index contributed by atoms with van der Waals surface area (Å²) in [6.07, 6.45) is -4.51. The molecule has 4 aromatic rings. The molecule has 0 spiro atoms. The monoisotopic (exact) mass is 438 g/mol. The summed E-state index contributed by atoms with van der Waals surface area (Å²) in [5, 5.41) is 13.0. The molecule has 4 rings (SSSR count). The van der Waals surface area contributed by atoms with Crippen LogP contribution in [-0.2, 0) is 0 Å². The third kappa shape index (κ3) is 4.13. The number of ether oxygens (including phenoxy) is 1. The number of rotatable bonds is 4. The predicted octanol–water partition coefficient (Wildman–Crippen LogP) is 5.71. The van der Waals surface area contributed by atoms with Gasteiger partial charge in [-0.15, -0.1) is 5.10 Å². The van der Waals surface area contributed by atoms with E-state index in [1.807, 2.05) is 0 Å². The van der Waals surface area contributed by atoms with Gasteiger partial charge in [0, 0.05) is 16.1 Å². The van der Waals surface area contributed by atoms with Crippen LogP contribution in [0.25, 0.3) is 28.0 Å². The highest BCUT2D eigenvalue weighted by Gasteiger charge is 2.30. The maximum atomic E-state index is 12.5. The van der Waals surface area contributed by atoms with Gasteiger partial charge in [0.1, 0.15) is 5.69 Å². The Hall–Kier alpha value is -2.84. The molecule has 0 N–H and O–H groups in total.